The van der Waals surface area contributed by atoms with Crippen molar-refractivity contribution in [3.05, 3.63) is 28.2 Å². The first-order valence-electron chi connectivity index (χ1n) is 5.34. The minimum Gasteiger partial charge on any atom is -0.467 e. The largest absolute Gasteiger partial charge is 0.467 e. The van der Waals surface area contributed by atoms with Crippen LogP contribution in [0.2, 0.25) is 0 Å². The average molecular weight is 317 g/mol. The van der Waals surface area contributed by atoms with Gasteiger partial charge in [0.15, 0.2) is 6.10 Å². The van der Waals surface area contributed by atoms with E-state index in [-0.39, 0.29) is 0 Å². The zero-order valence-corrected chi connectivity index (χ0v) is 11.8. The summed E-state index contributed by atoms with van der Waals surface area (Å²) in [6, 6.07) is 5.46. The zero-order valence-electron chi connectivity index (χ0n) is 9.35. The molecule has 2 rings (SSSR count). The summed E-state index contributed by atoms with van der Waals surface area (Å²) in [5.74, 6) is -0.639. The van der Waals surface area contributed by atoms with Crippen LogP contribution in [0.25, 0.3) is 0 Å². The fourth-order valence-corrected chi connectivity index (χ4v) is 3.12. The van der Waals surface area contributed by atoms with Crippen molar-refractivity contribution in [2.45, 2.75) is 29.1 Å². The lowest BCUT2D eigenvalue weighted by Crippen LogP contribution is -2.13. The van der Waals surface area contributed by atoms with Crippen molar-refractivity contribution < 1.29 is 14.6 Å². The maximum Gasteiger partial charge on any atom is 0.339 e. The molecule has 1 aromatic carbocycles. The van der Waals surface area contributed by atoms with Crippen molar-refractivity contribution in [3.8, 4) is 0 Å². The number of benzene rings is 1. The monoisotopic (exact) mass is 316 g/mol. The summed E-state index contributed by atoms with van der Waals surface area (Å²) in [5, 5.41) is 10.4. The summed E-state index contributed by atoms with van der Waals surface area (Å²) >= 11 is 5.28. The van der Waals surface area contributed by atoms with Crippen LogP contribution in [-0.4, -0.2) is 23.4 Å². The first-order chi connectivity index (χ1) is 8.11. The smallest absolute Gasteiger partial charge is 0.339 e. The van der Waals surface area contributed by atoms with Crippen LogP contribution >= 0.6 is 27.7 Å². The molecule has 1 aliphatic rings. The van der Waals surface area contributed by atoms with Crippen LogP contribution in [-0.2, 0) is 9.53 Å². The van der Waals surface area contributed by atoms with Crippen LogP contribution in [0, 0.1) is 0 Å². The number of carbonyl (C=O) groups is 1. The molecule has 0 spiro atoms. The van der Waals surface area contributed by atoms with E-state index >= 15 is 0 Å². The second-order valence-corrected chi connectivity index (χ2v) is 6.13. The van der Waals surface area contributed by atoms with Crippen LogP contribution in [0.3, 0.4) is 0 Å². The third-order valence-corrected chi connectivity index (χ3v) is 4.85. The van der Waals surface area contributed by atoms with Crippen molar-refractivity contribution in [2.75, 3.05) is 7.11 Å². The lowest BCUT2D eigenvalue weighted by molar-refractivity contribution is -0.150. The molecule has 1 N–H and O–H groups in total. The van der Waals surface area contributed by atoms with Gasteiger partial charge in [0, 0.05) is 14.6 Å². The standard InChI is InChI=1S/C12H13BrO3S/c1-16-12(15)11(14)7-2-5-10(9(13)6-7)17-8-3-4-8/h2,5-6,8,11,14H,3-4H2,1H3. The summed E-state index contributed by atoms with van der Waals surface area (Å²) in [6.45, 7) is 0. The molecule has 0 aliphatic heterocycles. The molecule has 1 atom stereocenters. The Bertz CT molecular complexity index is 432. The predicted molar refractivity (Wildman–Crippen MR) is 70.0 cm³/mol. The number of thioether (sulfide) groups is 1. The lowest BCUT2D eigenvalue weighted by atomic mass is 10.1. The van der Waals surface area contributed by atoms with Gasteiger partial charge in [0.05, 0.1) is 7.11 Å². The van der Waals surface area contributed by atoms with Gasteiger partial charge in [0.25, 0.3) is 0 Å². The fraction of sp³-hybridized carbons (Fsp3) is 0.417. The molecular weight excluding hydrogens is 304 g/mol. The molecule has 0 saturated heterocycles. The summed E-state index contributed by atoms with van der Waals surface area (Å²) < 4.78 is 5.41. The van der Waals surface area contributed by atoms with Crippen molar-refractivity contribution in [2.24, 2.45) is 0 Å². The molecule has 3 nitrogen and oxygen atoms in total. The van der Waals surface area contributed by atoms with Crippen LogP contribution in [0.4, 0.5) is 0 Å². The molecule has 5 heteroatoms. The number of rotatable bonds is 4. The maximum atomic E-state index is 11.2. The number of halogens is 1. The molecule has 0 bridgehead atoms. The Morgan fingerprint density at radius 3 is 2.82 bits per heavy atom. The van der Waals surface area contributed by atoms with Gasteiger partial charge in [0.1, 0.15) is 0 Å². The normalized spacial score (nSPS) is 16.6. The Morgan fingerprint density at radius 1 is 1.59 bits per heavy atom. The predicted octanol–water partition coefficient (Wildman–Crippen LogP) is 2.91. The van der Waals surface area contributed by atoms with Crippen molar-refractivity contribution in [1.29, 1.82) is 0 Å². The second kappa shape index (κ2) is 5.42. The molecule has 0 heterocycles. The number of carbonyl (C=O) groups excluding carboxylic acids is 1. The molecular formula is C12H13BrO3S. The van der Waals surface area contributed by atoms with Crippen molar-refractivity contribution in [1.82, 2.24) is 0 Å². The van der Waals surface area contributed by atoms with E-state index in [2.05, 4.69) is 20.7 Å². The van der Waals surface area contributed by atoms with Crippen molar-refractivity contribution >= 4 is 33.7 Å². The zero-order chi connectivity index (χ0) is 12.4. The summed E-state index contributed by atoms with van der Waals surface area (Å²) in [6.07, 6.45) is 1.32. The molecule has 1 aromatic rings. The van der Waals surface area contributed by atoms with E-state index in [1.165, 1.54) is 20.0 Å². The highest BCUT2D eigenvalue weighted by Gasteiger charge is 2.24. The minimum absolute atomic E-state index is 0.545. The van der Waals surface area contributed by atoms with E-state index in [1.807, 2.05) is 17.8 Å². The maximum absolute atomic E-state index is 11.2. The fourth-order valence-electron chi connectivity index (χ4n) is 1.40. The number of aliphatic hydroxyl groups excluding tert-OH is 1. The highest BCUT2D eigenvalue weighted by Crippen LogP contribution is 2.42. The van der Waals surface area contributed by atoms with Crippen LogP contribution in [0.5, 0.6) is 0 Å². The third-order valence-electron chi connectivity index (χ3n) is 2.51. The van der Waals surface area contributed by atoms with E-state index in [0.29, 0.717) is 5.56 Å². The average Bonchev–Trinajstić information content (AvgIpc) is 3.13. The molecule has 1 saturated carbocycles. The minimum atomic E-state index is -1.21. The van der Waals surface area contributed by atoms with Gasteiger partial charge in [0.2, 0.25) is 0 Å². The number of ether oxygens (including phenoxy) is 1. The SMILES string of the molecule is COC(=O)C(O)c1ccc(SC2CC2)c(Br)c1. The Morgan fingerprint density at radius 2 is 2.29 bits per heavy atom. The molecule has 0 radical (unpaired) electrons. The Kier molecular flexibility index (Phi) is 4.12. The molecule has 0 aromatic heterocycles. The molecule has 1 unspecified atom stereocenters. The molecule has 17 heavy (non-hydrogen) atoms. The molecule has 1 aliphatic carbocycles. The van der Waals surface area contributed by atoms with Gasteiger partial charge in [-0.2, -0.15) is 0 Å². The quantitative estimate of drug-likeness (QED) is 0.868. The van der Waals surface area contributed by atoms with Crippen LogP contribution < -0.4 is 0 Å². The van der Waals surface area contributed by atoms with Gasteiger partial charge >= 0.3 is 5.97 Å². The third kappa shape index (κ3) is 3.24. The lowest BCUT2D eigenvalue weighted by Gasteiger charge is -2.10. The Labute approximate surface area is 113 Å². The van der Waals surface area contributed by atoms with Gasteiger partial charge in [-0.15, -0.1) is 11.8 Å². The van der Waals surface area contributed by atoms with E-state index in [4.69, 9.17) is 0 Å². The second-order valence-electron chi connectivity index (χ2n) is 3.93. The van der Waals surface area contributed by atoms with E-state index < -0.39 is 12.1 Å². The summed E-state index contributed by atoms with van der Waals surface area (Å²) in [7, 11) is 1.26. The Balaban J connectivity index is 2.14. The van der Waals surface area contributed by atoms with Crippen LogP contribution in [0.1, 0.15) is 24.5 Å². The number of aliphatic hydroxyl groups is 1. The number of methoxy groups -OCH3 is 1. The summed E-state index contributed by atoms with van der Waals surface area (Å²) in [4.78, 5) is 12.4. The van der Waals surface area contributed by atoms with E-state index in [0.717, 1.165) is 14.6 Å². The number of hydrogen-bond donors (Lipinski definition) is 1. The Hall–Kier alpha value is -0.520. The summed E-state index contributed by atoms with van der Waals surface area (Å²) in [5.41, 5.74) is 0.545. The van der Waals surface area contributed by atoms with Gasteiger partial charge in [-0.3, -0.25) is 0 Å². The van der Waals surface area contributed by atoms with E-state index in [9.17, 15) is 9.90 Å². The number of hydrogen-bond acceptors (Lipinski definition) is 4. The van der Waals surface area contributed by atoms with Crippen LogP contribution in [0.15, 0.2) is 27.6 Å². The van der Waals surface area contributed by atoms with Gasteiger partial charge in [-0.05, 0) is 46.5 Å². The first kappa shape index (κ1) is 12.9. The van der Waals surface area contributed by atoms with E-state index in [1.54, 1.807) is 12.1 Å². The first-order valence-corrected chi connectivity index (χ1v) is 7.01. The molecule has 0 amide bonds. The topological polar surface area (TPSA) is 46.5 Å². The number of esters is 1. The van der Waals surface area contributed by atoms with Gasteiger partial charge in [-0.25, -0.2) is 4.79 Å². The van der Waals surface area contributed by atoms with Gasteiger partial charge in [-0.1, -0.05) is 6.07 Å². The van der Waals surface area contributed by atoms with Crippen molar-refractivity contribution in [3.63, 3.8) is 0 Å². The van der Waals surface area contributed by atoms with Gasteiger partial charge < -0.3 is 9.84 Å². The molecule has 92 valence electrons. The highest BCUT2D eigenvalue weighted by atomic mass is 79.9. The highest BCUT2D eigenvalue weighted by molar-refractivity contribution is 9.10. The molecule has 1 fully saturated rings.